The van der Waals surface area contributed by atoms with Crippen molar-refractivity contribution in [3.05, 3.63) is 29.6 Å². The van der Waals surface area contributed by atoms with Gasteiger partial charge in [0, 0.05) is 11.9 Å². The second-order valence-corrected chi connectivity index (χ2v) is 3.11. The molecule has 1 heterocycles. The zero-order chi connectivity index (χ0) is 8.81. The smallest absolute Gasteiger partial charge is 0.0403 e. The van der Waals surface area contributed by atoms with Crippen molar-refractivity contribution in [1.82, 2.24) is 4.98 Å². The molecule has 66 valence electrons. The normalized spacial score (nSPS) is 10.2. The van der Waals surface area contributed by atoms with Crippen LogP contribution in [-0.2, 0) is 12.8 Å². The van der Waals surface area contributed by atoms with Gasteiger partial charge < -0.3 is 0 Å². The van der Waals surface area contributed by atoms with Crippen LogP contribution in [0.3, 0.4) is 0 Å². The number of aromatic nitrogens is 1. The van der Waals surface area contributed by atoms with Gasteiger partial charge in [0.1, 0.15) is 0 Å². The predicted molar refractivity (Wildman–Crippen MR) is 52.2 cm³/mol. The van der Waals surface area contributed by atoms with Crippen molar-refractivity contribution in [3.8, 4) is 0 Å². The van der Waals surface area contributed by atoms with E-state index in [-0.39, 0.29) is 0 Å². The highest BCUT2D eigenvalue weighted by Crippen LogP contribution is 2.06. The minimum absolute atomic E-state index is 1.04. The molecule has 0 unspecified atom stereocenters. The summed E-state index contributed by atoms with van der Waals surface area (Å²) in [6, 6.07) is 4.34. The van der Waals surface area contributed by atoms with E-state index in [2.05, 4.69) is 31.0 Å². The molecule has 0 bridgehead atoms. The summed E-state index contributed by atoms with van der Waals surface area (Å²) in [5.41, 5.74) is 2.65. The first-order valence-corrected chi connectivity index (χ1v) is 4.80. The lowest BCUT2D eigenvalue weighted by Gasteiger charge is -2.01. The molecule has 0 aromatic carbocycles. The topological polar surface area (TPSA) is 12.9 Å². The van der Waals surface area contributed by atoms with Gasteiger partial charge >= 0.3 is 0 Å². The fourth-order valence-corrected chi connectivity index (χ4v) is 1.26. The lowest BCUT2D eigenvalue weighted by Crippen LogP contribution is -1.90. The molecule has 0 aliphatic carbocycles. The molecule has 0 saturated carbocycles. The predicted octanol–water partition coefficient (Wildman–Crippen LogP) is 2.99. The first kappa shape index (κ1) is 9.24. The van der Waals surface area contributed by atoms with E-state index in [4.69, 9.17) is 0 Å². The Hall–Kier alpha value is -0.850. The minimum atomic E-state index is 1.04. The lowest BCUT2D eigenvalue weighted by atomic mass is 10.1. The number of rotatable bonds is 4. The number of hydrogen-bond donors (Lipinski definition) is 0. The largest absolute Gasteiger partial charge is 0.261 e. The van der Waals surface area contributed by atoms with E-state index >= 15 is 0 Å². The SMILES string of the molecule is CCCCc1ccnc(CC)c1. The van der Waals surface area contributed by atoms with Gasteiger partial charge in [0.25, 0.3) is 0 Å². The van der Waals surface area contributed by atoms with Crippen LogP contribution >= 0.6 is 0 Å². The Morgan fingerprint density at radius 2 is 2.17 bits per heavy atom. The molecule has 0 amide bonds. The minimum Gasteiger partial charge on any atom is -0.261 e. The molecule has 0 N–H and O–H groups in total. The second kappa shape index (κ2) is 4.91. The summed E-state index contributed by atoms with van der Waals surface area (Å²) in [7, 11) is 0. The Morgan fingerprint density at radius 1 is 1.33 bits per heavy atom. The quantitative estimate of drug-likeness (QED) is 0.665. The highest BCUT2D eigenvalue weighted by atomic mass is 14.7. The average molecular weight is 163 g/mol. The summed E-state index contributed by atoms with van der Waals surface area (Å²) in [5, 5.41) is 0. The van der Waals surface area contributed by atoms with Crippen LogP contribution in [0, 0.1) is 0 Å². The van der Waals surface area contributed by atoms with Crippen molar-refractivity contribution in [2.45, 2.75) is 39.5 Å². The molecule has 1 aromatic heterocycles. The maximum atomic E-state index is 4.27. The summed E-state index contributed by atoms with van der Waals surface area (Å²) in [6.07, 6.45) is 6.72. The van der Waals surface area contributed by atoms with Crippen molar-refractivity contribution in [2.75, 3.05) is 0 Å². The summed E-state index contributed by atoms with van der Waals surface area (Å²) in [5.74, 6) is 0. The summed E-state index contributed by atoms with van der Waals surface area (Å²) < 4.78 is 0. The van der Waals surface area contributed by atoms with Crippen LogP contribution in [0.25, 0.3) is 0 Å². The molecule has 0 saturated heterocycles. The first-order valence-electron chi connectivity index (χ1n) is 4.80. The Bertz CT molecular complexity index is 230. The van der Waals surface area contributed by atoms with Gasteiger partial charge in [-0.2, -0.15) is 0 Å². The number of pyridine rings is 1. The maximum Gasteiger partial charge on any atom is 0.0403 e. The van der Waals surface area contributed by atoms with E-state index in [0.717, 1.165) is 6.42 Å². The molecular weight excluding hydrogens is 146 g/mol. The van der Waals surface area contributed by atoms with Gasteiger partial charge in [-0.15, -0.1) is 0 Å². The molecule has 0 aliphatic heterocycles. The van der Waals surface area contributed by atoms with E-state index in [1.54, 1.807) is 0 Å². The van der Waals surface area contributed by atoms with Gasteiger partial charge in [-0.3, -0.25) is 4.98 Å². The van der Waals surface area contributed by atoms with Crippen LogP contribution in [0.2, 0.25) is 0 Å². The van der Waals surface area contributed by atoms with Gasteiger partial charge in [0.05, 0.1) is 0 Å². The van der Waals surface area contributed by atoms with Crippen molar-refractivity contribution >= 4 is 0 Å². The molecule has 0 radical (unpaired) electrons. The Labute approximate surface area is 74.8 Å². The van der Waals surface area contributed by atoms with Gasteiger partial charge in [0.2, 0.25) is 0 Å². The van der Waals surface area contributed by atoms with E-state index < -0.39 is 0 Å². The highest BCUT2D eigenvalue weighted by Gasteiger charge is 1.94. The molecule has 1 rings (SSSR count). The van der Waals surface area contributed by atoms with Crippen LogP contribution in [0.5, 0.6) is 0 Å². The van der Waals surface area contributed by atoms with Crippen LogP contribution in [0.1, 0.15) is 37.9 Å². The fourth-order valence-electron chi connectivity index (χ4n) is 1.26. The lowest BCUT2D eigenvalue weighted by molar-refractivity contribution is 0.791. The second-order valence-electron chi connectivity index (χ2n) is 3.11. The molecule has 1 nitrogen and oxygen atoms in total. The van der Waals surface area contributed by atoms with Gasteiger partial charge in [-0.05, 0) is 37.0 Å². The number of unbranched alkanes of at least 4 members (excludes halogenated alkanes) is 1. The zero-order valence-electron chi connectivity index (χ0n) is 8.01. The average Bonchev–Trinajstić information content (AvgIpc) is 2.15. The van der Waals surface area contributed by atoms with Crippen molar-refractivity contribution in [2.24, 2.45) is 0 Å². The first-order chi connectivity index (χ1) is 5.86. The molecule has 1 aromatic rings. The molecular formula is C11H17N. The Kier molecular flexibility index (Phi) is 3.78. The molecule has 0 aliphatic rings. The van der Waals surface area contributed by atoms with Crippen molar-refractivity contribution in [3.63, 3.8) is 0 Å². The van der Waals surface area contributed by atoms with E-state index in [0.29, 0.717) is 0 Å². The van der Waals surface area contributed by atoms with E-state index in [1.807, 2.05) is 6.20 Å². The maximum absolute atomic E-state index is 4.27. The fraction of sp³-hybridized carbons (Fsp3) is 0.545. The standard InChI is InChI=1S/C11H17N/c1-3-5-6-10-7-8-12-11(4-2)9-10/h7-9H,3-6H2,1-2H3. The third-order valence-corrected chi connectivity index (χ3v) is 2.06. The van der Waals surface area contributed by atoms with Gasteiger partial charge in [-0.1, -0.05) is 20.3 Å². The number of hydrogen-bond acceptors (Lipinski definition) is 1. The summed E-state index contributed by atoms with van der Waals surface area (Å²) in [6.45, 7) is 4.37. The molecule has 0 spiro atoms. The van der Waals surface area contributed by atoms with E-state index in [9.17, 15) is 0 Å². The Balaban J connectivity index is 2.60. The third kappa shape index (κ3) is 2.65. The van der Waals surface area contributed by atoms with Crippen LogP contribution in [0.15, 0.2) is 18.3 Å². The van der Waals surface area contributed by atoms with Crippen LogP contribution in [0.4, 0.5) is 0 Å². The Morgan fingerprint density at radius 3 is 2.83 bits per heavy atom. The third-order valence-electron chi connectivity index (χ3n) is 2.06. The van der Waals surface area contributed by atoms with Crippen LogP contribution in [-0.4, -0.2) is 4.98 Å². The number of aryl methyl sites for hydroxylation is 2. The summed E-state index contributed by atoms with van der Waals surface area (Å²) >= 11 is 0. The molecule has 0 fully saturated rings. The van der Waals surface area contributed by atoms with Crippen molar-refractivity contribution in [1.29, 1.82) is 0 Å². The number of nitrogens with zero attached hydrogens (tertiary/aromatic N) is 1. The monoisotopic (exact) mass is 163 g/mol. The van der Waals surface area contributed by atoms with Gasteiger partial charge in [-0.25, -0.2) is 0 Å². The molecule has 12 heavy (non-hydrogen) atoms. The highest BCUT2D eigenvalue weighted by molar-refractivity contribution is 5.16. The zero-order valence-corrected chi connectivity index (χ0v) is 8.01. The molecule has 0 atom stereocenters. The van der Waals surface area contributed by atoms with Gasteiger partial charge in [0.15, 0.2) is 0 Å². The van der Waals surface area contributed by atoms with E-state index in [1.165, 1.54) is 30.5 Å². The van der Waals surface area contributed by atoms with Crippen molar-refractivity contribution < 1.29 is 0 Å². The summed E-state index contributed by atoms with van der Waals surface area (Å²) in [4.78, 5) is 4.27. The van der Waals surface area contributed by atoms with Crippen LogP contribution < -0.4 is 0 Å². The molecule has 1 heteroatoms.